The van der Waals surface area contributed by atoms with Gasteiger partial charge < -0.3 is 5.32 Å². The van der Waals surface area contributed by atoms with Crippen LogP contribution in [0.3, 0.4) is 0 Å². The number of rotatable bonds is 3. The summed E-state index contributed by atoms with van der Waals surface area (Å²) in [5.74, 6) is 7.74. The van der Waals surface area contributed by atoms with E-state index in [2.05, 4.69) is 22.7 Å². The molecule has 0 heterocycles. The Bertz CT molecular complexity index is 195. The summed E-state index contributed by atoms with van der Waals surface area (Å²) in [6.07, 6.45) is 6.79. The first-order chi connectivity index (χ1) is 7.30. The molecule has 0 bridgehead atoms. The fourth-order valence-corrected chi connectivity index (χ4v) is 2.28. The van der Waals surface area contributed by atoms with Crippen LogP contribution in [0.5, 0.6) is 0 Å². The minimum absolute atomic E-state index is 0.688. The van der Waals surface area contributed by atoms with Crippen molar-refractivity contribution in [1.82, 2.24) is 10.7 Å². The number of nitrogens with two attached hydrogens (primary N) is 1. The van der Waals surface area contributed by atoms with Crippen molar-refractivity contribution < 1.29 is 0 Å². The number of hydrazine groups is 1. The fraction of sp³-hybridized carbons (Fsp3) is 0.909. The van der Waals surface area contributed by atoms with E-state index in [-0.39, 0.29) is 0 Å². The number of aliphatic imine (C=N–C) groups is 1. The van der Waals surface area contributed by atoms with Crippen molar-refractivity contribution in [1.29, 1.82) is 0 Å². The van der Waals surface area contributed by atoms with Crippen molar-refractivity contribution in [2.45, 2.75) is 39.0 Å². The lowest BCUT2D eigenvalue weighted by molar-refractivity contribution is 0.269. The molecular formula is C11H24N4. The van der Waals surface area contributed by atoms with Gasteiger partial charge >= 0.3 is 0 Å². The van der Waals surface area contributed by atoms with E-state index in [4.69, 9.17) is 5.84 Å². The minimum Gasteiger partial charge on any atom is -0.355 e. The number of nitrogens with zero attached hydrogens (tertiary/aromatic N) is 1. The van der Waals surface area contributed by atoms with Gasteiger partial charge in [-0.05, 0) is 24.7 Å². The zero-order chi connectivity index (χ0) is 11.1. The molecule has 1 rings (SSSR count). The van der Waals surface area contributed by atoms with Gasteiger partial charge in [0, 0.05) is 13.6 Å². The number of hydrogen-bond acceptors (Lipinski definition) is 2. The molecule has 0 atom stereocenters. The quantitative estimate of drug-likeness (QED) is 0.285. The van der Waals surface area contributed by atoms with E-state index in [1.165, 1.54) is 32.1 Å². The molecular weight excluding hydrogens is 188 g/mol. The number of guanidine groups is 1. The molecule has 4 N–H and O–H groups in total. The Labute approximate surface area is 92.7 Å². The predicted octanol–water partition coefficient (Wildman–Crippen LogP) is 1.24. The normalized spacial score (nSPS) is 27.5. The SMILES string of the molecule is CCC1CCC(CNC(=NC)NN)CC1. The molecule has 0 aromatic carbocycles. The molecule has 1 aliphatic rings. The van der Waals surface area contributed by atoms with E-state index < -0.39 is 0 Å². The summed E-state index contributed by atoms with van der Waals surface area (Å²) in [5.41, 5.74) is 2.55. The summed E-state index contributed by atoms with van der Waals surface area (Å²) in [4.78, 5) is 3.99. The van der Waals surface area contributed by atoms with Crippen LogP contribution in [0.15, 0.2) is 4.99 Å². The molecule has 4 nitrogen and oxygen atoms in total. The van der Waals surface area contributed by atoms with Gasteiger partial charge in [0.1, 0.15) is 0 Å². The highest BCUT2D eigenvalue weighted by Gasteiger charge is 2.19. The van der Waals surface area contributed by atoms with Gasteiger partial charge in [-0.3, -0.25) is 10.4 Å². The number of hydrogen-bond donors (Lipinski definition) is 3. The van der Waals surface area contributed by atoms with Gasteiger partial charge in [0.15, 0.2) is 0 Å². The second kappa shape index (κ2) is 6.67. The van der Waals surface area contributed by atoms with E-state index in [1.807, 2.05) is 0 Å². The average molecular weight is 212 g/mol. The molecule has 15 heavy (non-hydrogen) atoms. The second-order valence-electron chi connectivity index (χ2n) is 4.39. The third kappa shape index (κ3) is 4.08. The Morgan fingerprint density at radius 3 is 2.33 bits per heavy atom. The monoisotopic (exact) mass is 212 g/mol. The Hall–Kier alpha value is -0.770. The van der Waals surface area contributed by atoms with Crippen LogP contribution in [0.4, 0.5) is 0 Å². The predicted molar refractivity (Wildman–Crippen MR) is 64.4 cm³/mol. The lowest BCUT2D eigenvalue weighted by Crippen LogP contribution is -2.43. The largest absolute Gasteiger partial charge is 0.355 e. The lowest BCUT2D eigenvalue weighted by atomic mass is 9.81. The smallest absolute Gasteiger partial charge is 0.205 e. The van der Waals surface area contributed by atoms with Crippen molar-refractivity contribution in [3.8, 4) is 0 Å². The number of nitrogens with one attached hydrogen (secondary N) is 2. The molecule has 0 radical (unpaired) electrons. The maximum absolute atomic E-state index is 5.30. The molecule has 1 saturated carbocycles. The highest BCUT2D eigenvalue weighted by Crippen LogP contribution is 2.29. The van der Waals surface area contributed by atoms with Crippen LogP contribution in [0.25, 0.3) is 0 Å². The average Bonchev–Trinajstić information content (AvgIpc) is 2.31. The van der Waals surface area contributed by atoms with E-state index in [1.54, 1.807) is 7.05 Å². The Balaban J connectivity index is 2.18. The third-order valence-electron chi connectivity index (χ3n) is 3.46. The lowest BCUT2D eigenvalue weighted by Gasteiger charge is -2.28. The highest BCUT2D eigenvalue weighted by atomic mass is 15.3. The summed E-state index contributed by atoms with van der Waals surface area (Å²) in [5, 5.41) is 3.24. The van der Waals surface area contributed by atoms with Crippen molar-refractivity contribution in [2.75, 3.05) is 13.6 Å². The third-order valence-corrected chi connectivity index (χ3v) is 3.46. The Morgan fingerprint density at radius 2 is 1.87 bits per heavy atom. The molecule has 0 aliphatic heterocycles. The Morgan fingerprint density at radius 1 is 1.27 bits per heavy atom. The van der Waals surface area contributed by atoms with E-state index in [0.29, 0.717) is 5.96 Å². The van der Waals surface area contributed by atoms with E-state index >= 15 is 0 Å². The van der Waals surface area contributed by atoms with Crippen molar-refractivity contribution in [3.05, 3.63) is 0 Å². The maximum Gasteiger partial charge on any atom is 0.205 e. The molecule has 0 aromatic rings. The van der Waals surface area contributed by atoms with Gasteiger partial charge in [-0.2, -0.15) is 0 Å². The fourth-order valence-electron chi connectivity index (χ4n) is 2.28. The molecule has 1 fully saturated rings. The van der Waals surface area contributed by atoms with Crippen LogP contribution >= 0.6 is 0 Å². The van der Waals surface area contributed by atoms with Gasteiger partial charge in [0.2, 0.25) is 5.96 Å². The molecule has 0 aromatic heterocycles. The van der Waals surface area contributed by atoms with Gasteiger partial charge in [-0.15, -0.1) is 0 Å². The minimum atomic E-state index is 0.688. The van der Waals surface area contributed by atoms with E-state index in [0.717, 1.165) is 18.4 Å². The molecule has 4 heteroatoms. The van der Waals surface area contributed by atoms with Crippen molar-refractivity contribution >= 4 is 5.96 Å². The summed E-state index contributed by atoms with van der Waals surface area (Å²) >= 11 is 0. The topological polar surface area (TPSA) is 62.4 Å². The summed E-state index contributed by atoms with van der Waals surface area (Å²) < 4.78 is 0. The Kier molecular flexibility index (Phi) is 5.47. The van der Waals surface area contributed by atoms with Crippen LogP contribution in [0, 0.1) is 11.8 Å². The van der Waals surface area contributed by atoms with Gasteiger partial charge in [-0.1, -0.05) is 26.2 Å². The van der Waals surface area contributed by atoms with Crippen molar-refractivity contribution in [3.63, 3.8) is 0 Å². The van der Waals surface area contributed by atoms with Crippen LogP contribution in [0.1, 0.15) is 39.0 Å². The van der Waals surface area contributed by atoms with Crippen molar-refractivity contribution in [2.24, 2.45) is 22.7 Å². The first-order valence-corrected chi connectivity index (χ1v) is 5.97. The van der Waals surface area contributed by atoms with Crippen LogP contribution in [-0.2, 0) is 0 Å². The summed E-state index contributed by atoms with van der Waals surface area (Å²) in [7, 11) is 1.73. The van der Waals surface area contributed by atoms with Gasteiger partial charge in [0.25, 0.3) is 0 Å². The zero-order valence-corrected chi connectivity index (χ0v) is 9.92. The molecule has 0 saturated heterocycles. The molecule has 0 spiro atoms. The van der Waals surface area contributed by atoms with Gasteiger partial charge in [0.05, 0.1) is 0 Å². The van der Waals surface area contributed by atoms with Crippen LogP contribution in [0.2, 0.25) is 0 Å². The molecule has 1 aliphatic carbocycles. The second-order valence-corrected chi connectivity index (χ2v) is 4.39. The summed E-state index contributed by atoms with van der Waals surface area (Å²) in [6.45, 7) is 3.29. The first kappa shape index (κ1) is 12.3. The molecule has 0 amide bonds. The zero-order valence-electron chi connectivity index (χ0n) is 9.92. The van der Waals surface area contributed by atoms with Crippen LogP contribution < -0.4 is 16.6 Å². The summed E-state index contributed by atoms with van der Waals surface area (Å²) in [6, 6.07) is 0. The maximum atomic E-state index is 5.30. The van der Waals surface area contributed by atoms with Gasteiger partial charge in [-0.25, -0.2) is 5.84 Å². The first-order valence-electron chi connectivity index (χ1n) is 5.97. The molecule has 88 valence electrons. The molecule has 0 unspecified atom stereocenters. The van der Waals surface area contributed by atoms with E-state index in [9.17, 15) is 0 Å². The van der Waals surface area contributed by atoms with Crippen LogP contribution in [-0.4, -0.2) is 19.6 Å². The standard InChI is InChI=1S/C11H24N4/c1-3-9-4-6-10(7-5-9)8-14-11(13-2)15-12/h9-10H,3-8,12H2,1-2H3,(H2,13,14,15). The highest BCUT2D eigenvalue weighted by molar-refractivity contribution is 5.78.